The van der Waals surface area contributed by atoms with E-state index in [4.69, 9.17) is 5.11 Å². The third-order valence-electron chi connectivity index (χ3n) is 5.27. The van der Waals surface area contributed by atoms with Crippen molar-refractivity contribution in [1.29, 1.82) is 0 Å². The summed E-state index contributed by atoms with van der Waals surface area (Å²) in [5, 5.41) is 9.08. The van der Waals surface area contributed by atoms with Gasteiger partial charge in [0, 0.05) is 38.8 Å². The van der Waals surface area contributed by atoms with Gasteiger partial charge in [-0.05, 0) is 31.4 Å². The van der Waals surface area contributed by atoms with E-state index in [1.165, 1.54) is 11.1 Å². The highest BCUT2D eigenvalue weighted by atomic mass is 16.4. The zero-order valence-electron chi connectivity index (χ0n) is 16.1. The van der Waals surface area contributed by atoms with Crippen molar-refractivity contribution in [1.82, 2.24) is 14.7 Å². The third-order valence-corrected chi connectivity index (χ3v) is 5.27. The van der Waals surface area contributed by atoms with Gasteiger partial charge >= 0.3 is 5.97 Å². The number of carbonyl (C=O) groups is 2. The van der Waals surface area contributed by atoms with Crippen LogP contribution in [0, 0.1) is 6.92 Å². The summed E-state index contributed by atoms with van der Waals surface area (Å²) in [6, 6.07) is 8.48. The number of amides is 1. The quantitative estimate of drug-likeness (QED) is 0.765. The molecule has 2 rings (SSSR count). The second-order valence-corrected chi connectivity index (χ2v) is 7.14. The highest BCUT2D eigenvalue weighted by molar-refractivity contribution is 5.79. The largest absolute Gasteiger partial charge is 0.480 e. The fourth-order valence-corrected chi connectivity index (χ4v) is 3.26. The average Bonchev–Trinajstić information content (AvgIpc) is 2.62. The van der Waals surface area contributed by atoms with Gasteiger partial charge in [-0.25, -0.2) is 0 Å². The summed E-state index contributed by atoms with van der Waals surface area (Å²) in [5.74, 6) is -0.858. The summed E-state index contributed by atoms with van der Waals surface area (Å²) in [4.78, 5) is 29.7. The molecule has 1 heterocycles. The number of benzene rings is 1. The van der Waals surface area contributed by atoms with Crippen LogP contribution in [-0.4, -0.2) is 77.0 Å². The molecule has 1 aliphatic heterocycles. The van der Waals surface area contributed by atoms with Gasteiger partial charge < -0.3 is 10.0 Å². The van der Waals surface area contributed by atoms with Crippen molar-refractivity contribution in [2.75, 3.05) is 39.3 Å². The van der Waals surface area contributed by atoms with Crippen molar-refractivity contribution in [3.05, 3.63) is 35.4 Å². The molecule has 0 aliphatic carbocycles. The molecule has 26 heavy (non-hydrogen) atoms. The Kier molecular flexibility index (Phi) is 7.60. The van der Waals surface area contributed by atoms with E-state index in [0.29, 0.717) is 13.1 Å². The normalized spacial score (nSPS) is 16.7. The van der Waals surface area contributed by atoms with Gasteiger partial charge in [0.1, 0.15) is 0 Å². The molecule has 1 unspecified atom stereocenters. The molecule has 6 nitrogen and oxygen atoms in total. The molecule has 1 fully saturated rings. The predicted molar refractivity (Wildman–Crippen MR) is 102 cm³/mol. The summed E-state index contributed by atoms with van der Waals surface area (Å²) in [6.07, 6.45) is 0.824. The molecule has 6 heteroatoms. The molecule has 0 bridgehead atoms. The Bertz CT molecular complexity index is 612. The lowest BCUT2D eigenvalue weighted by molar-refractivity contribution is -0.141. The van der Waals surface area contributed by atoms with Crippen LogP contribution in [-0.2, 0) is 16.1 Å². The number of carbonyl (C=O) groups excluding carboxylic acids is 1. The number of nitrogens with zero attached hydrogens (tertiary/aromatic N) is 3. The van der Waals surface area contributed by atoms with E-state index in [1.807, 2.05) is 18.7 Å². The van der Waals surface area contributed by atoms with E-state index in [9.17, 15) is 9.59 Å². The number of aryl methyl sites for hydroxylation is 1. The zero-order chi connectivity index (χ0) is 19.1. The minimum absolute atomic E-state index is 0.0297. The second-order valence-electron chi connectivity index (χ2n) is 7.14. The lowest BCUT2D eigenvalue weighted by atomic mass is 10.1. The molecule has 1 aliphatic rings. The van der Waals surface area contributed by atoms with Gasteiger partial charge in [-0.1, -0.05) is 31.2 Å². The number of aliphatic carboxylic acids is 1. The number of rotatable bonds is 8. The first-order valence-corrected chi connectivity index (χ1v) is 9.41. The molecular weight excluding hydrogens is 330 g/mol. The summed E-state index contributed by atoms with van der Waals surface area (Å²) < 4.78 is 0. The van der Waals surface area contributed by atoms with Gasteiger partial charge in [0.05, 0.1) is 13.1 Å². The lowest BCUT2D eigenvalue weighted by Crippen LogP contribution is -2.52. The van der Waals surface area contributed by atoms with Crippen LogP contribution in [0.1, 0.15) is 31.4 Å². The fraction of sp³-hybridized carbons (Fsp3) is 0.600. The SMILES string of the molecule is CCC(C)N(CC(=O)O)CC(=O)N1CCN(Cc2ccccc2C)CC1. The number of carboxylic acid groups (broad SMARTS) is 1. The van der Waals surface area contributed by atoms with Crippen LogP contribution < -0.4 is 0 Å². The molecule has 1 N–H and O–H groups in total. The van der Waals surface area contributed by atoms with Gasteiger partial charge in [-0.3, -0.25) is 19.4 Å². The van der Waals surface area contributed by atoms with E-state index in [2.05, 4.69) is 36.1 Å². The van der Waals surface area contributed by atoms with Crippen LogP contribution in [0.3, 0.4) is 0 Å². The smallest absolute Gasteiger partial charge is 0.317 e. The maximum atomic E-state index is 12.6. The van der Waals surface area contributed by atoms with Gasteiger partial charge in [-0.15, -0.1) is 0 Å². The standard InChI is InChI=1S/C20H31N3O3/c1-4-17(3)23(15-20(25)26)14-19(24)22-11-9-21(10-12-22)13-18-8-6-5-7-16(18)2/h5-8,17H,4,9-15H2,1-3H3,(H,25,26). The molecule has 0 aromatic heterocycles. The van der Waals surface area contributed by atoms with Crippen molar-refractivity contribution < 1.29 is 14.7 Å². The Balaban J connectivity index is 1.85. The van der Waals surface area contributed by atoms with Crippen LogP contribution in [0.5, 0.6) is 0 Å². The van der Waals surface area contributed by atoms with Crippen molar-refractivity contribution >= 4 is 11.9 Å². The van der Waals surface area contributed by atoms with Gasteiger partial charge in [0.2, 0.25) is 5.91 Å². The molecule has 1 aromatic carbocycles. The highest BCUT2D eigenvalue weighted by Gasteiger charge is 2.25. The summed E-state index contributed by atoms with van der Waals surface area (Å²) in [7, 11) is 0. The Morgan fingerprint density at radius 2 is 1.81 bits per heavy atom. The Morgan fingerprint density at radius 3 is 2.38 bits per heavy atom. The fourth-order valence-electron chi connectivity index (χ4n) is 3.26. The van der Waals surface area contributed by atoms with E-state index in [0.717, 1.165) is 26.1 Å². The first-order chi connectivity index (χ1) is 12.4. The van der Waals surface area contributed by atoms with E-state index in [1.54, 1.807) is 4.90 Å². The lowest BCUT2D eigenvalue weighted by Gasteiger charge is -2.36. The molecule has 1 saturated heterocycles. The Hall–Kier alpha value is -1.92. The first-order valence-electron chi connectivity index (χ1n) is 9.41. The van der Waals surface area contributed by atoms with Crippen LogP contribution >= 0.6 is 0 Å². The Labute approximate surface area is 156 Å². The summed E-state index contributed by atoms with van der Waals surface area (Å²) in [5.41, 5.74) is 2.63. The number of hydrogen-bond acceptors (Lipinski definition) is 4. The number of piperazine rings is 1. The molecule has 1 amide bonds. The summed E-state index contributed by atoms with van der Waals surface area (Å²) >= 11 is 0. The summed E-state index contributed by atoms with van der Waals surface area (Å²) in [6.45, 7) is 10.2. The monoisotopic (exact) mass is 361 g/mol. The Morgan fingerprint density at radius 1 is 1.15 bits per heavy atom. The van der Waals surface area contributed by atoms with Gasteiger partial charge in [0.15, 0.2) is 0 Å². The number of carboxylic acids is 1. The van der Waals surface area contributed by atoms with Gasteiger partial charge in [0.25, 0.3) is 0 Å². The molecule has 1 aromatic rings. The molecule has 0 spiro atoms. The van der Waals surface area contributed by atoms with Crippen molar-refractivity contribution in [2.45, 2.75) is 39.8 Å². The molecule has 1 atom stereocenters. The van der Waals surface area contributed by atoms with Crippen LogP contribution in [0.15, 0.2) is 24.3 Å². The first kappa shape index (κ1) is 20.4. The van der Waals surface area contributed by atoms with Crippen LogP contribution in [0.25, 0.3) is 0 Å². The maximum absolute atomic E-state index is 12.6. The molecule has 0 radical (unpaired) electrons. The molecular formula is C20H31N3O3. The van der Waals surface area contributed by atoms with E-state index < -0.39 is 5.97 Å². The minimum atomic E-state index is -0.888. The molecule has 144 valence electrons. The number of hydrogen-bond donors (Lipinski definition) is 1. The molecule has 0 saturated carbocycles. The average molecular weight is 361 g/mol. The van der Waals surface area contributed by atoms with Crippen molar-refractivity contribution in [3.63, 3.8) is 0 Å². The minimum Gasteiger partial charge on any atom is -0.480 e. The van der Waals surface area contributed by atoms with Gasteiger partial charge in [-0.2, -0.15) is 0 Å². The maximum Gasteiger partial charge on any atom is 0.317 e. The predicted octanol–water partition coefficient (Wildman–Crippen LogP) is 1.82. The highest BCUT2D eigenvalue weighted by Crippen LogP contribution is 2.13. The van der Waals surface area contributed by atoms with E-state index >= 15 is 0 Å². The topological polar surface area (TPSA) is 64.1 Å². The van der Waals surface area contributed by atoms with E-state index in [-0.39, 0.29) is 25.0 Å². The second kappa shape index (κ2) is 9.69. The van der Waals surface area contributed by atoms with Crippen molar-refractivity contribution in [2.24, 2.45) is 0 Å². The van der Waals surface area contributed by atoms with Crippen molar-refractivity contribution in [3.8, 4) is 0 Å². The third kappa shape index (κ3) is 5.81. The van der Waals surface area contributed by atoms with Crippen LogP contribution in [0.4, 0.5) is 0 Å². The van der Waals surface area contributed by atoms with Crippen LogP contribution in [0.2, 0.25) is 0 Å². The zero-order valence-corrected chi connectivity index (χ0v) is 16.1.